The summed E-state index contributed by atoms with van der Waals surface area (Å²) < 4.78 is 0. The summed E-state index contributed by atoms with van der Waals surface area (Å²) in [6.45, 7) is 9.38. The highest BCUT2D eigenvalue weighted by Gasteiger charge is 2.42. The van der Waals surface area contributed by atoms with Crippen LogP contribution < -0.4 is 5.32 Å². The average Bonchev–Trinajstić information content (AvgIpc) is 2.26. The van der Waals surface area contributed by atoms with Crippen molar-refractivity contribution in [1.82, 2.24) is 10.2 Å². The summed E-state index contributed by atoms with van der Waals surface area (Å²) in [5, 5.41) is 3.55. The Balaban J connectivity index is 1.89. The van der Waals surface area contributed by atoms with Crippen molar-refractivity contribution in [3.05, 3.63) is 0 Å². The molecule has 0 aliphatic carbocycles. The van der Waals surface area contributed by atoms with Crippen LogP contribution in [0.4, 0.5) is 0 Å². The molecule has 3 nitrogen and oxygen atoms in total. The van der Waals surface area contributed by atoms with Gasteiger partial charge < -0.3 is 10.2 Å². The van der Waals surface area contributed by atoms with Gasteiger partial charge in [-0.25, -0.2) is 0 Å². The van der Waals surface area contributed by atoms with Crippen molar-refractivity contribution in [2.75, 3.05) is 19.6 Å². The average molecular weight is 238 g/mol. The maximum absolute atomic E-state index is 12.4. The van der Waals surface area contributed by atoms with E-state index in [-0.39, 0.29) is 5.41 Å². The zero-order chi connectivity index (χ0) is 12.5. The van der Waals surface area contributed by atoms with E-state index in [1.807, 2.05) is 0 Å². The van der Waals surface area contributed by atoms with Crippen molar-refractivity contribution >= 4 is 5.91 Å². The molecule has 0 saturated carbocycles. The van der Waals surface area contributed by atoms with Crippen LogP contribution in [0.5, 0.6) is 0 Å². The second-order valence-corrected chi connectivity index (χ2v) is 6.38. The molecule has 2 saturated heterocycles. The van der Waals surface area contributed by atoms with Crippen molar-refractivity contribution in [2.45, 2.75) is 58.4 Å². The molecule has 1 amide bonds. The van der Waals surface area contributed by atoms with Crippen LogP contribution in [0.3, 0.4) is 0 Å². The Bertz CT molecular complexity index is 285. The lowest BCUT2D eigenvalue weighted by molar-refractivity contribution is -0.143. The summed E-state index contributed by atoms with van der Waals surface area (Å²) in [6, 6.07) is 0. The molecule has 0 aromatic heterocycles. The maximum Gasteiger partial charge on any atom is 0.228 e. The van der Waals surface area contributed by atoms with Gasteiger partial charge >= 0.3 is 0 Å². The first kappa shape index (κ1) is 12.9. The van der Waals surface area contributed by atoms with Crippen LogP contribution in [0.15, 0.2) is 0 Å². The molecule has 98 valence electrons. The molecule has 2 rings (SSSR count). The highest BCUT2D eigenvalue weighted by Crippen LogP contribution is 2.33. The van der Waals surface area contributed by atoms with Crippen LogP contribution in [-0.4, -0.2) is 36.0 Å². The summed E-state index contributed by atoms with van der Waals surface area (Å²) in [4.78, 5) is 14.5. The van der Waals surface area contributed by atoms with Crippen molar-refractivity contribution in [3.63, 3.8) is 0 Å². The summed E-state index contributed by atoms with van der Waals surface area (Å²) in [5.41, 5.74) is 0.220. The lowest BCUT2D eigenvalue weighted by atomic mass is 9.78. The fourth-order valence-electron chi connectivity index (χ4n) is 3.20. The predicted octanol–water partition coefficient (Wildman–Crippen LogP) is 2.17. The van der Waals surface area contributed by atoms with Crippen LogP contribution in [0.1, 0.15) is 52.9 Å². The molecule has 2 aliphatic heterocycles. The van der Waals surface area contributed by atoms with Gasteiger partial charge in [-0.2, -0.15) is 0 Å². The van der Waals surface area contributed by atoms with Gasteiger partial charge in [0.15, 0.2) is 0 Å². The van der Waals surface area contributed by atoms with Gasteiger partial charge in [-0.1, -0.05) is 27.2 Å². The minimum Gasteiger partial charge on any atom is -0.342 e. The normalized spacial score (nSPS) is 23.6. The molecule has 0 atom stereocenters. The number of hydrogen-bond donors (Lipinski definition) is 1. The smallest absolute Gasteiger partial charge is 0.228 e. The SMILES string of the molecule is CCCC(C)(C)C(=O)N1CCC2(CCN2)CC1. The molecule has 1 spiro atoms. The minimum atomic E-state index is -0.174. The Kier molecular flexibility index (Phi) is 3.48. The zero-order valence-corrected chi connectivity index (χ0v) is 11.5. The van der Waals surface area contributed by atoms with E-state index in [0.29, 0.717) is 11.4 Å². The molecule has 2 aliphatic rings. The maximum atomic E-state index is 12.4. The Labute approximate surface area is 105 Å². The van der Waals surface area contributed by atoms with Crippen molar-refractivity contribution in [1.29, 1.82) is 0 Å². The summed E-state index contributed by atoms with van der Waals surface area (Å²) >= 11 is 0. The van der Waals surface area contributed by atoms with Gasteiger partial charge in [-0.15, -0.1) is 0 Å². The number of rotatable bonds is 3. The molecule has 0 radical (unpaired) electrons. The number of piperidine rings is 1. The van der Waals surface area contributed by atoms with Gasteiger partial charge in [0.05, 0.1) is 0 Å². The van der Waals surface area contributed by atoms with Crippen LogP contribution >= 0.6 is 0 Å². The number of likely N-dealkylation sites (tertiary alicyclic amines) is 1. The van der Waals surface area contributed by atoms with Crippen LogP contribution in [0.25, 0.3) is 0 Å². The monoisotopic (exact) mass is 238 g/mol. The van der Waals surface area contributed by atoms with E-state index in [0.717, 1.165) is 45.3 Å². The van der Waals surface area contributed by atoms with E-state index in [9.17, 15) is 4.79 Å². The molecule has 0 aromatic rings. The van der Waals surface area contributed by atoms with Crippen molar-refractivity contribution < 1.29 is 4.79 Å². The molecule has 0 bridgehead atoms. The minimum absolute atomic E-state index is 0.174. The first-order valence-electron chi connectivity index (χ1n) is 7.04. The van der Waals surface area contributed by atoms with Crippen LogP contribution in [0, 0.1) is 5.41 Å². The van der Waals surface area contributed by atoms with E-state index in [4.69, 9.17) is 0 Å². The van der Waals surface area contributed by atoms with Crippen LogP contribution in [-0.2, 0) is 4.79 Å². The Hall–Kier alpha value is -0.570. The zero-order valence-electron chi connectivity index (χ0n) is 11.5. The molecule has 1 N–H and O–H groups in total. The Morgan fingerprint density at radius 3 is 2.29 bits per heavy atom. The quantitative estimate of drug-likeness (QED) is 0.817. The summed E-state index contributed by atoms with van der Waals surface area (Å²) in [5.74, 6) is 0.355. The van der Waals surface area contributed by atoms with Gasteiger partial charge in [0.2, 0.25) is 5.91 Å². The molecule has 17 heavy (non-hydrogen) atoms. The second kappa shape index (κ2) is 4.60. The van der Waals surface area contributed by atoms with Crippen LogP contribution in [0.2, 0.25) is 0 Å². The Morgan fingerprint density at radius 2 is 1.88 bits per heavy atom. The first-order chi connectivity index (χ1) is 7.99. The second-order valence-electron chi connectivity index (χ2n) is 6.38. The third-order valence-corrected chi connectivity index (χ3v) is 4.57. The molecule has 3 heteroatoms. The highest BCUT2D eigenvalue weighted by atomic mass is 16.2. The van der Waals surface area contributed by atoms with E-state index in [1.54, 1.807) is 0 Å². The third-order valence-electron chi connectivity index (χ3n) is 4.57. The van der Waals surface area contributed by atoms with Gasteiger partial charge in [0, 0.05) is 24.0 Å². The molecular formula is C14H26N2O. The van der Waals surface area contributed by atoms with E-state index < -0.39 is 0 Å². The molecule has 2 heterocycles. The van der Waals surface area contributed by atoms with Gasteiger partial charge in [-0.05, 0) is 32.2 Å². The fraction of sp³-hybridized carbons (Fsp3) is 0.929. The fourth-order valence-corrected chi connectivity index (χ4v) is 3.20. The predicted molar refractivity (Wildman–Crippen MR) is 69.9 cm³/mol. The van der Waals surface area contributed by atoms with Crippen molar-refractivity contribution in [3.8, 4) is 0 Å². The number of carbonyl (C=O) groups excluding carboxylic acids is 1. The lowest BCUT2D eigenvalue weighted by Crippen LogP contribution is -2.63. The number of nitrogens with one attached hydrogen (secondary N) is 1. The summed E-state index contributed by atoms with van der Waals surface area (Å²) in [6.07, 6.45) is 5.65. The number of carbonyl (C=O) groups is 1. The topological polar surface area (TPSA) is 32.3 Å². The molecule has 0 unspecified atom stereocenters. The first-order valence-corrected chi connectivity index (χ1v) is 7.04. The van der Waals surface area contributed by atoms with E-state index in [2.05, 4.69) is 31.0 Å². The molecular weight excluding hydrogens is 212 g/mol. The van der Waals surface area contributed by atoms with Crippen molar-refractivity contribution in [2.24, 2.45) is 5.41 Å². The van der Waals surface area contributed by atoms with E-state index >= 15 is 0 Å². The largest absolute Gasteiger partial charge is 0.342 e. The molecule has 0 aromatic carbocycles. The lowest BCUT2D eigenvalue weighted by Gasteiger charge is -2.49. The van der Waals surface area contributed by atoms with Gasteiger partial charge in [0.1, 0.15) is 0 Å². The van der Waals surface area contributed by atoms with Gasteiger partial charge in [0.25, 0.3) is 0 Å². The third kappa shape index (κ3) is 2.49. The number of nitrogens with zero attached hydrogens (tertiary/aromatic N) is 1. The summed E-state index contributed by atoms with van der Waals surface area (Å²) in [7, 11) is 0. The number of hydrogen-bond acceptors (Lipinski definition) is 2. The number of amides is 1. The van der Waals surface area contributed by atoms with Gasteiger partial charge in [-0.3, -0.25) is 4.79 Å². The standard InChI is InChI=1S/C14H26N2O/c1-4-5-13(2,3)12(17)16-10-7-14(8-11-16)6-9-15-14/h15H,4-11H2,1-3H3. The van der Waals surface area contributed by atoms with E-state index in [1.165, 1.54) is 6.42 Å². The Morgan fingerprint density at radius 1 is 1.29 bits per heavy atom. The molecule has 2 fully saturated rings. The highest BCUT2D eigenvalue weighted by molar-refractivity contribution is 5.82.